The molecule has 1 aliphatic rings. The molecule has 0 aliphatic heterocycles. The van der Waals surface area contributed by atoms with Crippen molar-refractivity contribution in [3.05, 3.63) is 71.5 Å². The number of nitrogen functional groups attached to an aromatic ring is 1. The predicted octanol–water partition coefficient (Wildman–Crippen LogP) is 2.88. The first-order valence-corrected chi connectivity index (χ1v) is 10.5. The molecule has 0 radical (unpaired) electrons. The molecular weight excluding hydrogens is 386 g/mol. The van der Waals surface area contributed by atoms with E-state index in [1.54, 1.807) is 7.11 Å². The van der Waals surface area contributed by atoms with Crippen molar-refractivity contribution in [3.8, 4) is 5.75 Å². The summed E-state index contributed by atoms with van der Waals surface area (Å²) in [6.45, 7) is 0. The van der Waals surface area contributed by atoms with Crippen LogP contribution in [0.15, 0.2) is 59.8 Å². The zero-order valence-electron chi connectivity index (χ0n) is 16.1. The summed E-state index contributed by atoms with van der Waals surface area (Å²) >= 11 is 1.29. The van der Waals surface area contributed by atoms with E-state index >= 15 is 0 Å². The maximum Gasteiger partial charge on any atom is 0.231 e. The van der Waals surface area contributed by atoms with Crippen LogP contribution in [0.4, 0.5) is 0 Å². The first kappa shape index (κ1) is 19.3. The van der Waals surface area contributed by atoms with Crippen molar-refractivity contribution >= 4 is 17.7 Å². The minimum absolute atomic E-state index is 0.101. The molecule has 0 spiro atoms. The van der Waals surface area contributed by atoms with E-state index < -0.39 is 0 Å². The zero-order chi connectivity index (χ0) is 20.2. The summed E-state index contributed by atoms with van der Waals surface area (Å²) in [6.07, 6.45) is 2.20. The highest BCUT2D eigenvalue weighted by atomic mass is 32.2. The number of ether oxygens (including phenoxy) is 1. The fraction of sp³-hybridized carbons (Fsp3) is 0.286. The van der Waals surface area contributed by atoms with Gasteiger partial charge in [-0.3, -0.25) is 4.79 Å². The van der Waals surface area contributed by atoms with Gasteiger partial charge in [0, 0.05) is 5.92 Å². The number of carbonyl (C=O) groups excluding carboxylic acids is 1. The maximum atomic E-state index is 12.7. The molecule has 1 aliphatic carbocycles. The van der Waals surface area contributed by atoms with Crippen LogP contribution < -0.4 is 15.9 Å². The Balaban J connectivity index is 1.46. The molecule has 1 saturated carbocycles. The van der Waals surface area contributed by atoms with Crippen molar-refractivity contribution in [3.63, 3.8) is 0 Å². The monoisotopic (exact) mass is 409 g/mol. The Kier molecular flexibility index (Phi) is 5.71. The lowest BCUT2D eigenvalue weighted by Crippen LogP contribution is -2.31. The highest BCUT2D eigenvalue weighted by Crippen LogP contribution is 2.39. The molecule has 29 heavy (non-hydrogen) atoms. The van der Waals surface area contributed by atoms with Crippen molar-refractivity contribution in [2.24, 2.45) is 0 Å². The Morgan fingerprint density at radius 1 is 1.17 bits per heavy atom. The van der Waals surface area contributed by atoms with Crippen molar-refractivity contribution in [2.45, 2.75) is 30.0 Å². The highest BCUT2D eigenvalue weighted by Gasteiger charge is 2.30. The molecule has 1 heterocycles. The zero-order valence-corrected chi connectivity index (χ0v) is 16.9. The third-order valence-corrected chi connectivity index (χ3v) is 5.80. The standard InChI is InChI=1S/C21H23N5O2S/c1-28-17-11-9-15(10-12-17)19(14-5-3-2-4-6-14)23-18(27)13-29-21-25-24-20(26(21)22)16-7-8-16/h2-6,9-12,16,19H,7-8,13,22H2,1H3,(H,23,27)/t19-/m0/s1. The second-order valence-corrected chi connectivity index (χ2v) is 7.90. The van der Waals surface area contributed by atoms with Gasteiger partial charge in [0.15, 0.2) is 5.82 Å². The molecule has 1 atom stereocenters. The van der Waals surface area contributed by atoms with Gasteiger partial charge in [0.1, 0.15) is 5.75 Å². The molecule has 0 bridgehead atoms. The van der Waals surface area contributed by atoms with Crippen LogP contribution in [0.25, 0.3) is 0 Å². The molecule has 1 fully saturated rings. The van der Waals surface area contributed by atoms with Crippen molar-refractivity contribution in [1.29, 1.82) is 0 Å². The Morgan fingerprint density at radius 3 is 2.52 bits per heavy atom. The summed E-state index contributed by atoms with van der Waals surface area (Å²) in [7, 11) is 1.63. The fourth-order valence-electron chi connectivity index (χ4n) is 3.14. The molecule has 4 rings (SSSR count). The lowest BCUT2D eigenvalue weighted by molar-refractivity contribution is -0.119. The molecular formula is C21H23N5O2S. The fourth-order valence-corrected chi connectivity index (χ4v) is 3.82. The Morgan fingerprint density at radius 2 is 1.86 bits per heavy atom. The lowest BCUT2D eigenvalue weighted by atomic mass is 9.98. The van der Waals surface area contributed by atoms with E-state index in [2.05, 4.69) is 15.5 Å². The van der Waals surface area contributed by atoms with Gasteiger partial charge in [0.05, 0.1) is 18.9 Å². The SMILES string of the molecule is COc1ccc([C@@H](NC(=O)CSc2nnc(C3CC3)n2N)c2ccccc2)cc1. The summed E-state index contributed by atoms with van der Waals surface area (Å²) < 4.78 is 6.75. The maximum absolute atomic E-state index is 12.7. The number of hydrogen-bond acceptors (Lipinski definition) is 6. The third-order valence-electron chi connectivity index (χ3n) is 4.85. The van der Waals surface area contributed by atoms with E-state index in [4.69, 9.17) is 10.6 Å². The van der Waals surface area contributed by atoms with Gasteiger partial charge in [-0.15, -0.1) is 10.2 Å². The van der Waals surface area contributed by atoms with Crippen LogP contribution >= 0.6 is 11.8 Å². The highest BCUT2D eigenvalue weighted by molar-refractivity contribution is 7.99. The van der Waals surface area contributed by atoms with Gasteiger partial charge < -0.3 is 15.9 Å². The van der Waals surface area contributed by atoms with E-state index in [1.807, 2.05) is 54.6 Å². The molecule has 1 aromatic heterocycles. The third kappa shape index (κ3) is 4.54. The molecule has 1 amide bonds. The molecule has 7 nitrogen and oxygen atoms in total. The van der Waals surface area contributed by atoms with Gasteiger partial charge in [-0.2, -0.15) is 0 Å². The van der Waals surface area contributed by atoms with E-state index in [-0.39, 0.29) is 17.7 Å². The average molecular weight is 410 g/mol. The summed E-state index contributed by atoms with van der Waals surface area (Å²) in [5.41, 5.74) is 1.99. The van der Waals surface area contributed by atoms with Crippen LogP contribution in [-0.4, -0.2) is 33.6 Å². The number of aromatic nitrogens is 3. The van der Waals surface area contributed by atoms with Gasteiger partial charge in [-0.05, 0) is 36.1 Å². The predicted molar refractivity (Wildman–Crippen MR) is 112 cm³/mol. The van der Waals surface area contributed by atoms with Crippen molar-refractivity contribution in [1.82, 2.24) is 20.2 Å². The number of benzene rings is 2. The minimum Gasteiger partial charge on any atom is -0.497 e. The van der Waals surface area contributed by atoms with Crippen LogP contribution in [-0.2, 0) is 4.79 Å². The van der Waals surface area contributed by atoms with Crippen LogP contribution in [0.1, 0.15) is 41.8 Å². The van der Waals surface area contributed by atoms with Crippen LogP contribution in [0.3, 0.4) is 0 Å². The lowest BCUT2D eigenvalue weighted by Gasteiger charge is -2.20. The van der Waals surface area contributed by atoms with Gasteiger partial charge in [-0.25, -0.2) is 4.68 Å². The first-order chi connectivity index (χ1) is 14.2. The first-order valence-electron chi connectivity index (χ1n) is 9.47. The Labute approximate surface area is 173 Å². The molecule has 8 heteroatoms. The number of carbonyl (C=O) groups is 1. The van der Waals surface area contributed by atoms with Crippen LogP contribution in [0.2, 0.25) is 0 Å². The van der Waals surface area contributed by atoms with E-state index in [9.17, 15) is 4.79 Å². The molecule has 2 aromatic carbocycles. The van der Waals surface area contributed by atoms with E-state index in [0.717, 1.165) is 35.5 Å². The molecule has 3 aromatic rings. The van der Waals surface area contributed by atoms with Crippen molar-refractivity contribution < 1.29 is 9.53 Å². The number of nitrogens with two attached hydrogens (primary N) is 1. The average Bonchev–Trinajstić information content (AvgIpc) is 3.54. The summed E-state index contributed by atoms with van der Waals surface area (Å²) in [4.78, 5) is 12.7. The number of nitrogens with one attached hydrogen (secondary N) is 1. The number of amides is 1. The largest absolute Gasteiger partial charge is 0.497 e. The van der Waals surface area contributed by atoms with Gasteiger partial charge in [0.2, 0.25) is 11.1 Å². The van der Waals surface area contributed by atoms with Gasteiger partial charge in [-0.1, -0.05) is 54.2 Å². The number of nitrogens with zero attached hydrogens (tertiary/aromatic N) is 3. The van der Waals surface area contributed by atoms with Crippen LogP contribution in [0.5, 0.6) is 5.75 Å². The normalized spacial score (nSPS) is 14.4. The molecule has 3 N–H and O–H groups in total. The number of methoxy groups -OCH3 is 1. The number of thioether (sulfide) groups is 1. The molecule has 150 valence electrons. The summed E-state index contributed by atoms with van der Waals surface area (Å²) in [6, 6.07) is 17.3. The second kappa shape index (κ2) is 8.57. The molecule has 0 saturated heterocycles. The smallest absolute Gasteiger partial charge is 0.231 e. The molecule has 0 unspecified atom stereocenters. The summed E-state index contributed by atoms with van der Waals surface area (Å²) in [5, 5.41) is 12.0. The Hall–Kier alpha value is -3.00. The quantitative estimate of drug-likeness (QED) is 0.439. The van der Waals surface area contributed by atoms with Crippen molar-refractivity contribution in [2.75, 3.05) is 18.7 Å². The summed E-state index contributed by atoms with van der Waals surface area (Å²) in [5.74, 6) is 8.16. The van der Waals surface area contributed by atoms with E-state index in [1.165, 1.54) is 16.4 Å². The van der Waals surface area contributed by atoms with Gasteiger partial charge >= 0.3 is 0 Å². The second-order valence-electron chi connectivity index (χ2n) is 6.96. The minimum atomic E-state index is -0.257. The topological polar surface area (TPSA) is 95.1 Å². The van der Waals surface area contributed by atoms with Crippen LogP contribution in [0, 0.1) is 0 Å². The Bertz CT molecular complexity index is 970. The van der Waals surface area contributed by atoms with E-state index in [0.29, 0.717) is 11.1 Å². The number of hydrogen-bond donors (Lipinski definition) is 2. The number of rotatable bonds is 8. The van der Waals surface area contributed by atoms with Gasteiger partial charge in [0.25, 0.3) is 0 Å².